The summed E-state index contributed by atoms with van der Waals surface area (Å²) >= 11 is 0. The Labute approximate surface area is 96.5 Å². The molecular formula is C10H19ClN2O2. The molecule has 0 spiro atoms. The van der Waals surface area contributed by atoms with E-state index in [9.17, 15) is 4.79 Å². The van der Waals surface area contributed by atoms with Gasteiger partial charge >= 0.3 is 0 Å². The van der Waals surface area contributed by atoms with Gasteiger partial charge in [0.2, 0.25) is 5.91 Å². The third-order valence-corrected chi connectivity index (χ3v) is 3.13. The fourth-order valence-electron chi connectivity index (χ4n) is 2.10. The molecule has 2 fully saturated rings. The summed E-state index contributed by atoms with van der Waals surface area (Å²) in [4.78, 5) is 11.7. The SMILES string of the molecule is CC1OCCC1NC(=O)[C@@H]1CCNC1.Cl. The molecule has 0 aromatic carbocycles. The van der Waals surface area contributed by atoms with Crippen LogP contribution in [0.15, 0.2) is 0 Å². The summed E-state index contributed by atoms with van der Waals surface area (Å²) in [5, 5.41) is 6.26. The summed E-state index contributed by atoms with van der Waals surface area (Å²) in [5.41, 5.74) is 0. The average molecular weight is 235 g/mol. The van der Waals surface area contributed by atoms with Gasteiger partial charge in [-0.15, -0.1) is 12.4 Å². The van der Waals surface area contributed by atoms with Crippen LogP contribution < -0.4 is 10.6 Å². The molecule has 0 bridgehead atoms. The van der Waals surface area contributed by atoms with Gasteiger partial charge in [0.15, 0.2) is 0 Å². The summed E-state index contributed by atoms with van der Waals surface area (Å²) in [7, 11) is 0. The van der Waals surface area contributed by atoms with Crippen molar-refractivity contribution in [3.05, 3.63) is 0 Å². The Balaban J connectivity index is 0.00000112. The summed E-state index contributed by atoms with van der Waals surface area (Å²) in [6.07, 6.45) is 2.09. The maximum absolute atomic E-state index is 11.7. The number of amides is 1. The van der Waals surface area contributed by atoms with Gasteiger partial charge in [-0.3, -0.25) is 4.79 Å². The summed E-state index contributed by atoms with van der Waals surface area (Å²) < 4.78 is 5.40. The van der Waals surface area contributed by atoms with Gasteiger partial charge in [-0.2, -0.15) is 0 Å². The molecule has 88 valence electrons. The van der Waals surface area contributed by atoms with E-state index in [0.29, 0.717) is 0 Å². The molecule has 2 aliphatic heterocycles. The fraction of sp³-hybridized carbons (Fsp3) is 0.900. The topological polar surface area (TPSA) is 50.4 Å². The van der Waals surface area contributed by atoms with E-state index < -0.39 is 0 Å². The minimum absolute atomic E-state index is 0. The molecule has 0 saturated carbocycles. The van der Waals surface area contributed by atoms with Crippen molar-refractivity contribution < 1.29 is 9.53 Å². The van der Waals surface area contributed by atoms with Crippen LogP contribution in [0, 0.1) is 5.92 Å². The lowest BCUT2D eigenvalue weighted by molar-refractivity contribution is -0.125. The molecule has 3 atom stereocenters. The molecule has 2 aliphatic rings. The second kappa shape index (κ2) is 5.68. The van der Waals surface area contributed by atoms with Crippen LogP contribution in [0.5, 0.6) is 0 Å². The zero-order chi connectivity index (χ0) is 9.97. The Bertz CT molecular complexity index is 219. The highest BCUT2D eigenvalue weighted by atomic mass is 35.5. The van der Waals surface area contributed by atoms with Crippen molar-refractivity contribution in [2.45, 2.75) is 31.9 Å². The second-order valence-electron chi connectivity index (χ2n) is 4.17. The molecule has 1 amide bonds. The lowest BCUT2D eigenvalue weighted by Crippen LogP contribution is -2.42. The van der Waals surface area contributed by atoms with E-state index in [1.165, 1.54) is 0 Å². The first-order valence-corrected chi connectivity index (χ1v) is 5.40. The zero-order valence-electron chi connectivity index (χ0n) is 8.99. The largest absolute Gasteiger partial charge is 0.376 e. The summed E-state index contributed by atoms with van der Waals surface area (Å²) in [5.74, 6) is 0.361. The van der Waals surface area contributed by atoms with E-state index in [0.717, 1.165) is 32.5 Å². The molecule has 2 heterocycles. The van der Waals surface area contributed by atoms with Crippen molar-refractivity contribution in [1.29, 1.82) is 0 Å². The van der Waals surface area contributed by atoms with Crippen LogP contribution in [0.1, 0.15) is 19.8 Å². The van der Waals surface area contributed by atoms with Gasteiger partial charge in [-0.05, 0) is 26.3 Å². The molecule has 15 heavy (non-hydrogen) atoms. The molecule has 4 nitrogen and oxygen atoms in total. The Morgan fingerprint density at radius 3 is 2.80 bits per heavy atom. The molecule has 2 rings (SSSR count). The molecule has 2 saturated heterocycles. The van der Waals surface area contributed by atoms with Gasteiger partial charge in [-0.1, -0.05) is 0 Å². The van der Waals surface area contributed by atoms with Crippen LogP contribution in [0.2, 0.25) is 0 Å². The van der Waals surface area contributed by atoms with E-state index in [2.05, 4.69) is 10.6 Å². The quantitative estimate of drug-likeness (QED) is 0.723. The predicted octanol–water partition coefficient (Wildman–Crippen LogP) is 0.311. The Morgan fingerprint density at radius 1 is 1.47 bits per heavy atom. The zero-order valence-corrected chi connectivity index (χ0v) is 9.81. The number of halogens is 1. The van der Waals surface area contributed by atoms with Crippen LogP contribution in [0.3, 0.4) is 0 Å². The molecule has 0 aliphatic carbocycles. The van der Waals surface area contributed by atoms with E-state index >= 15 is 0 Å². The number of carbonyl (C=O) groups excluding carboxylic acids is 1. The lowest BCUT2D eigenvalue weighted by Gasteiger charge is -2.18. The van der Waals surface area contributed by atoms with Crippen LogP contribution >= 0.6 is 12.4 Å². The fourth-order valence-corrected chi connectivity index (χ4v) is 2.10. The number of hydrogen-bond acceptors (Lipinski definition) is 3. The normalized spacial score (nSPS) is 34.9. The number of nitrogens with one attached hydrogen (secondary N) is 2. The first-order valence-electron chi connectivity index (χ1n) is 5.40. The van der Waals surface area contributed by atoms with Crippen molar-refractivity contribution in [1.82, 2.24) is 10.6 Å². The smallest absolute Gasteiger partial charge is 0.224 e. The Hall–Kier alpha value is -0.320. The molecular weight excluding hydrogens is 216 g/mol. The van der Waals surface area contributed by atoms with Gasteiger partial charge in [-0.25, -0.2) is 0 Å². The molecule has 0 aromatic heterocycles. The van der Waals surface area contributed by atoms with Crippen molar-refractivity contribution in [3.63, 3.8) is 0 Å². The third-order valence-electron chi connectivity index (χ3n) is 3.13. The second-order valence-corrected chi connectivity index (χ2v) is 4.17. The van der Waals surface area contributed by atoms with E-state index in [1.807, 2.05) is 6.92 Å². The first kappa shape index (κ1) is 12.7. The average Bonchev–Trinajstić information content (AvgIpc) is 2.77. The highest BCUT2D eigenvalue weighted by Gasteiger charge is 2.29. The van der Waals surface area contributed by atoms with Gasteiger partial charge < -0.3 is 15.4 Å². The monoisotopic (exact) mass is 234 g/mol. The van der Waals surface area contributed by atoms with Crippen molar-refractivity contribution in [2.24, 2.45) is 5.92 Å². The van der Waals surface area contributed by atoms with Gasteiger partial charge in [0, 0.05) is 13.2 Å². The highest BCUT2D eigenvalue weighted by molar-refractivity contribution is 5.85. The molecule has 0 aromatic rings. The van der Waals surface area contributed by atoms with Crippen molar-refractivity contribution in [3.8, 4) is 0 Å². The van der Waals surface area contributed by atoms with Crippen LogP contribution in [0.4, 0.5) is 0 Å². The minimum atomic E-state index is 0. The van der Waals surface area contributed by atoms with Crippen LogP contribution in [0.25, 0.3) is 0 Å². The van der Waals surface area contributed by atoms with Crippen molar-refractivity contribution >= 4 is 18.3 Å². The summed E-state index contributed by atoms with van der Waals surface area (Å²) in [6.45, 7) is 4.59. The number of carbonyl (C=O) groups is 1. The number of rotatable bonds is 2. The van der Waals surface area contributed by atoms with E-state index in [-0.39, 0.29) is 36.4 Å². The van der Waals surface area contributed by atoms with Gasteiger partial charge in [0.25, 0.3) is 0 Å². The Morgan fingerprint density at radius 2 is 2.27 bits per heavy atom. The van der Waals surface area contributed by atoms with Crippen molar-refractivity contribution in [2.75, 3.05) is 19.7 Å². The molecule has 2 N–H and O–H groups in total. The maximum atomic E-state index is 11.7. The molecule has 2 unspecified atom stereocenters. The summed E-state index contributed by atoms with van der Waals surface area (Å²) in [6, 6.07) is 0.225. The van der Waals surface area contributed by atoms with Gasteiger partial charge in [0.1, 0.15) is 0 Å². The lowest BCUT2D eigenvalue weighted by atomic mass is 10.1. The van der Waals surface area contributed by atoms with E-state index in [1.54, 1.807) is 0 Å². The van der Waals surface area contributed by atoms with Gasteiger partial charge in [0.05, 0.1) is 18.1 Å². The highest BCUT2D eigenvalue weighted by Crippen LogP contribution is 2.14. The third kappa shape index (κ3) is 3.06. The van der Waals surface area contributed by atoms with Crippen LogP contribution in [-0.4, -0.2) is 37.7 Å². The molecule has 0 radical (unpaired) electrons. The number of hydrogen-bond donors (Lipinski definition) is 2. The first-order chi connectivity index (χ1) is 6.77. The number of ether oxygens (including phenoxy) is 1. The van der Waals surface area contributed by atoms with E-state index in [4.69, 9.17) is 4.74 Å². The standard InChI is InChI=1S/C10H18N2O2.ClH/c1-7-9(3-5-14-7)12-10(13)8-2-4-11-6-8;/h7-9,11H,2-6H2,1H3,(H,12,13);1H/t7?,8-,9?;/m1./s1. The Kier molecular flexibility index (Phi) is 4.83. The minimum Gasteiger partial charge on any atom is -0.376 e. The predicted molar refractivity (Wildman–Crippen MR) is 60.2 cm³/mol. The van der Waals surface area contributed by atoms with Crippen LogP contribution in [-0.2, 0) is 9.53 Å². The molecule has 5 heteroatoms. The maximum Gasteiger partial charge on any atom is 0.224 e.